The number of carboxylic acid groups (broad SMARTS) is 1. The fourth-order valence-electron chi connectivity index (χ4n) is 1.25. The Hall–Kier alpha value is -1.42. The van der Waals surface area contributed by atoms with Crippen molar-refractivity contribution in [2.45, 2.75) is 6.54 Å². The van der Waals surface area contributed by atoms with Crippen LogP contribution in [-0.4, -0.2) is 22.3 Å². The van der Waals surface area contributed by atoms with E-state index in [1.165, 1.54) is 0 Å². The number of aliphatic imine (C=N–C) groups is 1. The van der Waals surface area contributed by atoms with Crippen LogP contribution in [0.4, 0.5) is 0 Å². The summed E-state index contributed by atoms with van der Waals surface area (Å²) in [5, 5.41) is 8.98. The van der Waals surface area contributed by atoms with Crippen molar-refractivity contribution in [2.24, 2.45) is 4.99 Å². The van der Waals surface area contributed by atoms with Crippen LogP contribution < -0.4 is 0 Å². The van der Waals surface area contributed by atoms with Crippen molar-refractivity contribution in [1.82, 2.24) is 4.98 Å². The Morgan fingerprint density at radius 3 is 3.08 bits per heavy atom. The first-order chi connectivity index (χ1) is 6.18. The number of pyridine rings is 1. The molecule has 0 aromatic carbocycles. The third-order valence-electron chi connectivity index (χ3n) is 1.81. The molecule has 1 N–H and O–H groups in total. The average molecular weight is 197 g/mol. The van der Waals surface area contributed by atoms with Crippen LogP contribution in [0.15, 0.2) is 11.1 Å². The molecule has 0 unspecified atom stereocenters. The lowest BCUT2D eigenvalue weighted by molar-refractivity contribution is 0.0689. The Balaban J connectivity index is 2.66. The second kappa shape index (κ2) is 2.81. The zero-order valence-electron chi connectivity index (χ0n) is 6.49. The van der Waals surface area contributed by atoms with Gasteiger partial charge in [-0.1, -0.05) is 11.6 Å². The summed E-state index contributed by atoms with van der Waals surface area (Å²) < 4.78 is 0. The fourth-order valence-corrected chi connectivity index (χ4v) is 1.45. The van der Waals surface area contributed by atoms with E-state index in [2.05, 4.69) is 9.98 Å². The summed E-state index contributed by atoms with van der Waals surface area (Å²) in [7, 11) is 0. The second-order valence-electron chi connectivity index (χ2n) is 2.64. The molecule has 0 atom stereocenters. The highest BCUT2D eigenvalue weighted by Gasteiger charge is 2.18. The maximum Gasteiger partial charge on any atom is 0.354 e. The molecule has 0 amide bonds. The van der Waals surface area contributed by atoms with E-state index in [0.29, 0.717) is 12.1 Å². The Morgan fingerprint density at radius 1 is 1.62 bits per heavy atom. The number of aromatic nitrogens is 1. The van der Waals surface area contributed by atoms with Crippen LogP contribution in [-0.2, 0) is 6.54 Å². The highest BCUT2D eigenvalue weighted by Crippen LogP contribution is 2.21. The van der Waals surface area contributed by atoms with Crippen LogP contribution in [0.2, 0.25) is 5.15 Å². The summed E-state index contributed by atoms with van der Waals surface area (Å²) in [5.41, 5.74) is 1.38. The van der Waals surface area contributed by atoms with Crippen molar-refractivity contribution in [2.75, 3.05) is 0 Å². The molecule has 0 bridgehead atoms. The molecule has 5 heteroatoms. The van der Waals surface area contributed by atoms with Crippen molar-refractivity contribution in [3.63, 3.8) is 0 Å². The Bertz CT molecular complexity index is 415. The fraction of sp³-hybridized carbons (Fsp3) is 0.125. The molecule has 1 aliphatic rings. The maximum absolute atomic E-state index is 10.7. The summed E-state index contributed by atoms with van der Waals surface area (Å²) in [5.74, 6) is -1.07. The molecule has 4 nitrogen and oxygen atoms in total. The van der Waals surface area contributed by atoms with Gasteiger partial charge in [0, 0.05) is 17.3 Å². The molecule has 2 rings (SSSR count). The number of halogens is 1. The summed E-state index contributed by atoms with van der Waals surface area (Å²) in [6.45, 7) is 0.376. The summed E-state index contributed by atoms with van der Waals surface area (Å²) in [6.07, 6.45) is 1.61. The summed E-state index contributed by atoms with van der Waals surface area (Å²) in [6, 6.07) is 1.61. The summed E-state index contributed by atoms with van der Waals surface area (Å²) in [4.78, 5) is 18.4. The van der Waals surface area contributed by atoms with Crippen LogP contribution in [0.5, 0.6) is 0 Å². The van der Waals surface area contributed by atoms with Gasteiger partial charge in [-0.05, 0) is 6.07 Å². The quantitative estimate of drug-likeness (QED) is 0.690. The molecule has 2 heterocycles. The number of nitrogens with zero attached hydrogens (tertiary/aromatic N) is 2. The first kappa shape index (κ1) is 8.19. The molecule has 0 saturated heterocycles. The number of rotatable bonds is 1. The standard InChI is InChI=1S/C8H5ClN2O2/c9-6-1-4-2-10-3-5(4)7(11-6)8(12)13/h1-2H,3H2,(H,12,13). The second-order valence-corrected chi connectivity index (χ2v) is 3.02. The van der Waals surface area contributed by atoms with Crippen LogP contribution >= 0.6 is 11.6 Å². The van der Waals surface area contributed by atoms with Crippen molar-refractivity contribution in [1.29, 1.82) is 0 Å². The van der Waals surface area contributed by atoms with Gasteiger partial charge in [0.2, 0.25) is 0 Å². The van der Waals surface area contributed by atoms with Crippen molar-refractivity contribution in [3.8, 4) is 0 Å². The third-order valence-corrected chi connectivity index (χ3v) is 2.00. The van der Waals surface area contributed by atoms with Crippen molar-refractivity contribution >= 4 is 23.8 Å². The van der Waals surface area contributed by atoms with Gasteiger partial charge in [0.25, 0.3) is 0 Å². The number of aromatic carboxylic acids is 1. The monoisotopic (exact) mass is 196 g/mol. The Labute approximate surface area is 78.9 Å². The molecular weight excluding hydrogens is 192 g/mol. The Morgan fingerprint density at radius 2 is 2.38 bits per heavy atom. The van der Waals surface area contributed by atoms with Gasteiger partial charge in [0.1, 0.15) is 5.15 Å². The zero-order valence-corrected chi connectivity index (χ0v) is 7.25. The smallest absolute Gasteiger partial charge is 0.354 e. The molecule has 1 aliphatic heterocycles. The van der Waals surface area contributed by atoms with Crippen LogP contribution in [0.25, 0.3) is 0 Å². The maximum atomic E-state index is 10.7. The zero-order chi connectivity index (χ0) is 9.42. The molecule has 0 radical (unpaired) electrons. The SMILES string of the molecule is O=C(O)c1nc(Cl)cc2c1CN=C2. The predicted molar refractivity (Wildman–Crippen MR) is 47.5 cm³/mol. The van der Waals surface area contributed by atoms with Crippen LogP contribution in [0.3, 0.4) is 0 Å². The van der Waals surface area contributed by atoms with E-state index in [1.807, 2.05) is 0 Å². The van der Waals surface area contributed by atoms with Gasteiger partial charge < -0.3 is 5.11 Å². The largest absolute Gasteiger partial charge is 0.476 e. The molecule has 66 valence electrons. The molecule has 0 aliphatic carbocycles. The van der Waals surface area contributed by atoms with Crippen LogP contribution in [0.1, 0.15) is 21.6 Å². The van der Waals surface area contributed by atoms with E-state index in [1.54, 1.807) is 12.3 Å². The first-order valence-electron chi connectivity index (χ1n) is 3.61. The lowest BCUT2D eigenvalue weighted by Crippen LogP contribution is -2.06. The van der Waals surface area contributed by atoms with E-state index < -0.39 is 5.97 Å². The van der Waals surface area contributed by atoms with Crippen molar-refractivity contribution < 1.29 is 9.90 Å². The lowest BCUT2D eigenvalue weighted by atomic mass is 10.1. The number of fused-ring (bicyclic) bond motifs is 1. The highest BCUT2D eigenvalue weighted by molar-refractivity contribution is 6.30. The predicted octanol–water partition coefficient (Wildman–Crippen LogP) is 1.37. The van der Waals surface area contributed by atoms with Gasteiger partial charge in [0.05, 0.1) is 6.54 Å². The number of hydrogen-bond acceptors (Lipinski definition) is 3. The lowest BCUT2D eigenvalue weighted by Gasteiger charge is -2.02. The van der Waals surface area contributed by atoms with Crippen molar-refractivity contribution in [3.05, 3.63) is 28.0 Å². The molecule has 0 fully saturated rings. The van der Waals surface area contributed by atoms with Gasteiger partial charge in [-0.25, -0.2) is 9.78 Å². The highest BCUT2D eigenvalue weighted by atomic mass is 35.5. The minimum Gasteiger partial charge on any atom is -0.476 e. The van der Waals surface area contributed by atoms with Gasteiger partial charge >= 0.3 is 5.97 Å². The molecule has 13 heavy (non-hydrogen) atoms. The van der Waals surface area contributed by atoms with Gasteiger partial charge in [-0.15, -0.1) is 0 Å². The minimum absolute atomic E-state index is 0.000000000000000666. The molecule has 1 aromatic rings. The van der Waals surface area contributed by atoms with Gasteiger partial charge in [-0.3, -0.25) is 4.99 Å². The first-order valence-corrected chi connectivity index (χ1v) is 3.99. The number of carbonyl (C=O) groups is 1. The number of carboxylic acids is 1. The van der Waals surface area contributed by atoms with E-state index in [4.69, 9.17) is 16.7 Å². The average Bonchev–Trinajstić information content (AvgIpc) is 2.49. The normalized spacial score (nSPS) is 13.0. The molecule has 1 aromatic heterocycles. The molecular formula is C8H5ClN2O2. The van der Waals surface area contributed by atoms with E-state index in [9.17, 15) is 4.79 Å². The minimum atomic E-state index is -1.07. The number of hydrogen-bond donors (Lipinski definition) is 1. The van der Waals surface area contributed by atoms with E-state index in [-0.39, 0.29) is 10.8 Å². The van der Waals surface area contributed by atoms with E-state index in [0.717, 1.165) is 5.56 Å². The Kier molecular flexibility index (Phi) is 1.77. The molecule has 0 spiro atoms. The summed E-state index contributed by atoms with van der Waals surface area (Å²) >= 11 is 5.64. The van der Waals surface area contributed by atoms with E-state index >= 15 is 0 Å². The topological polar surface area (TPSA) is 62.5 Å². The third kappa shape index (κ3) is 1.29. The van der Waals surface area contributed by atoms with Gasteiger partial charge in [0.15, 0.2) is 5.69 Å². The van der Waals surface area contributed by atoms with Gasteiger partial charge in [-0.2, -0.15) is 0 Å². The van der Waals surface area contributed by atoms with Crippen LogP contribution in [0, 0.1) is 0 Å². The molecule has 0 saturated carbocycles.